The molecule has 0 saturated carbocycles. The van der Waals surface area contributed by atoms with Crippen LogP contribution in [0.5, 0.6) is 0 Å². The SMILES string of the molecule is CN1C(=O)COC1=Nc1cccc(Br)c1. The zero-order valence-electron chi connectivity index (χ0n) is 8.11. The molecule has 1 aromatic rings. The van der Waals surface area contributed by atoms with E-state index < -0.39 is 0 Å². The molecule has 0 spiro atoms. The van der Waals surface area contributed by atoms with Crippen LogP contribution in [0.3, 0.4) is 0 Å². The molecule has 0 radical (unpaired) electrons. The lowest BCUT2D eigenvalue weighted by molar-refractivity contribution is -0.124. The zero-order valence-corrected chi connectivity index (χ0v) is 9.69. The average molecular weight is 269 g/mol. The third kappa shape index (κ3) is 2.18. The quantitative estimate of drug-likeness (QED) is 0.781. The van der Waals surface area contributed by atoms with Crippen molar-refractivity contribution in [3.63, 3.8) is 0 Å². The second-order valence-electron chi connectivity index (χ2n) is 3.12. The van der Waals surface area contributed by atoms with Crippen LogP contribution in [0.15, 0.2) is 33.7 Å². The summed E-state index contributed by atoms with van der Waals surface area (Å²) in [6, 6.07) is 7.83. The van der Waals surface area contributed by atoms with Gasteiger partial charge >= 0.3 is 0 Å². The van der Waals surface area contributed by atoms with Crippen LogP contribution in [0.2, 0.25) is 0 Å². The van der Waals surface area contributed by atoms with Crippen molar-refractivity contribution in [2.24, 2.45) is 4.99 Å². The molecule has 0 bridgehead atoms. The highest BCUT2D eigenvalue weighted by Gasteiger charge is 2.25. The van der Waals surface area contributed by atoms with E-state index in [0.29, 0.717) is 6.02 Å². The Morgan fingerprint density at radius 3 is 2.93 bits per heavy atom. The van der Waals surface area contributed by atoms with Crippen molar-refractivity contribution in [2.45, 2.75) is 0 Å². The molecule has 0 aromatic heterocycles. The van der Waals surface area contributed by atoms with Crippen molar-refractivity contribution >= 4 is 33.5 Å². The average Bonchev–Trinajstić information content (AvgIpc) is 2.50. The van der Waals surface area contributed by atoms with E-state index in [1.807, 2.05) is 24.3 Å². The summed E-state index contributed by atoms with van der Waals surface area (Å²) in [5, 5.41) is 0. The Bertz CT molecular complexity index is 431. The lowest BCUT2D eigenvalue weighted by atomic mass is 10.3. The van der Waals surface area contributed by atoms with E-state index in [-0.39, 0.29) is 12.5 Å². The van der Waals surface area contributed by atoms with E-state index in [4.69, 9.17) is 4.74 Å². The van der Waals surface area contributed by atoms with E-state index in [9.17, 15) is 4.79 Å². The second kappa shape index (κ2) is 4.02. The number of amides is 1. The fourth-order valence-corrected chi connectivity index (χ4v) is 1.58. The second-order valence-corrected chi connectivity index (χ2v) is 4.03. The molecule has 0 atom stereocenters. The summed E-state index contributed by atoms with van der Waals surface area (Å²) >= 11 is 3.35. The Morgan fingerprint density at radius 2 is 2.33 bits per heavy atom. The fraction of sp³-hybridized carbons (Fsp3) is 0.200. The van der Waals surface area contributed by atoms with Crippen LogP contribution >= 0.6 is 15.9 Å². The molecule has 2 rings (SSSR count). The Labute approximate surface area is 95.7 Å². The van der Waals surface area contributed by atoms with Gasteiger partial charge in [0.15, 0.2) is 6.61 Å². The molecule has 1 heterocycles. The van der Waals surface area contributed by atoms with Crippen LogP contribution in [0.1, 0.15) is 0 Å². The molecule has 0 N–H and O–H groups in total. The van der Waals surface area contributed by atoms with Crippen molar-refractivity contribution < 1.29 is 9.53 Å². The van der Waals surface area contributed by atoms with Gasteiger partial charge in [-0.1, -0.05) is 22.0 Å². The van der Waals surface area contributed by atoms with Crippen LogP contribution in [0.25, 0.3) is 0 Å². The van der Waals surface area contributed by atoms with Crippen LogP contribution in [-0.4, -0.2) is 30.5 Å². The molecule has 1 aliphatic heterocycles. The van der Waals surface area contributed by atoms with Crippen LogP contribution in [0.4, 0.5) is 5.69 Å². The van der Waals surface area contributed by atoms with E-state index in [1.165, 1.54) is 4.90 Å². The fourth-order valence-electron chi connectivity index (χ4n) is 1.19. The number of carbonyl (C=O) groups is 1. The van der Waals surface area contributed by atoms with E-state index >= 15 is 0 Å². The monoisotopic (exact) mass is 268 g/mol. The highest BCUT2D eigenvalue weighted by Crippen LogP contribution is 2.19. The Kier molecular flexibility index (Phi) is 2.73. The minimum Gasteiger partial charge on any atom is -0.454 e. The summed E-state index contributed by atoms with van der Waals surface area (Å²) in [6.45, 7) is 0.0728. The normalized spacial score (nSPS) is 18.4. The number of likely N-dealkylation sites (N-methyl/N-ethyl adjacent to an activating group) is 1. The number of amidine groups is 1. The number of carbonyl (C=O) groups excluding carboxylic acids is 1. The van der Waals surface area contributed by atoms with Gasteiger partial charge in [0.1, 0.15) is 0 Å². The minimum absolute atomic E-state index is 0.0728. The Morgan fingerprint density at radius 1 is 1.53 bits per heavy atom. The first-order chi connectivity index (χ1) is 7.16. The summed E-state index contributed by atoms with van der Waals surface area (Å²) in [5.41, 5.74) is 0.751. The maximum absolute atomic E-state index is 11.2. The van der Waals surface area contributed by atoms with Crippen molar-refractivity contribution in [3.8, 4) is 0 Å². The summed E-state index contributed by atoms with van der Waals surface area (Å²) in [6.07, 6.45) is 0. The number of ether oxygens (including phenoxy) is 1. The number of hydrogen-bond acceptors (Lipinski definition) is 3. The molecule has 1 aliphatic rings. The number of rotatable bonds is 1. The Balaban J connectivity index is 2.27. The maximum atomic E-state index is 11.2. The standard InChI is InChI=1S/C10H9BrN2O2/c1-13-9(14)6-15-10(13)12-8-4-2-3-7(11)5-8/h2-5H,6H2,1H3. The third-order valence-corrected chi connectivity index (χ3v) is 2.51. The smallest absolute Gasteiger partial charge is 0.299 e. The summed E-state index contributed by atoms with van der Waals surface area (Å²) in [5.74, 6) is -0.0799. The van der Waals surface area contributed by atoms with Crippen molar-refractivity contribution in [1.29, 1.82) is 0 Å². The van der Waals surface area contributed by atoms with Crippen LogP contribution in [0, 0.1) is 0 Å². The lowest BCUT2D eigenvalue weighted by Crippen LogP contribution is -2.24. The van der Waals surface area contributed by atoms with E-state index in [1.54, 1.807) is 7.05 Å². The lowest BCUT2D eigenvalue weighted by Gasteiger charge is -2.05. The van der Waals surface area contributed by atoms with Gasteiger partial charge in [-0.25, -0.2) is 0 Å². The van der Waals surface area contributed by atoms with Gasteiger partial charge in [-0.2, -0.15) is 4.99 Å². The molecule has 1 saturated heterocycles. The van der Waals surface area contributed by atoms with Crippen molar-refractivity contribution in [1.82, 2.24) is 4.90 Å². The number of nitrogens with zero attached hydrogens (tertiary/aromatic N) is 2. The van der Waals surface area contributed by atoms with Crippen LogP contribution < -0.4 is 0 Å². The zero-order chi connectivity index (χ0) is 10.8. The van der Waals surface area contributed by atoms with E-state index in [0.717, 1.165) is 10.2 Å². The predicted molar refractivity (Wildman–Crippen MR) is 60.0 cm³/mol. The van der Waals surface area contributed by atoms with Crippen molar-refractivity contribution in [3.05, 3.63) is 28.7 Å². The highest BCUT2D eigenvalue weighted by atomic mass is 79.9. The largest absolute Gasteiger partial charge is 0.454 e. The molecule has 78 valence electrons. The molecular weight excluding hydrogens is 260 g/mol. The number of hydrogen-bond donors (Lipinski definition) is 0. The number of halogens is 1. The Hall–Kier alpha value is -1.36. The number of aliphatic imine (C=N–C) groups is 1. The summed E-state index contributed by atoms with van der Waals surface area (Å²) < 4.78 is 6.07. The number of benzene rings is 1. The first-order valence-electron chi connectivity index (χ1n) is 4.40. The molecule has 5 heteroatoms. The summed E-state index contributed by atoms with van der Waals surface area (Å²) in [4.78, 5) is 16.8. The molecule has 1 fully saturated rings. The van der Waals surface area contributed by atoms with Crippen molar-refractivity contribution in [2.75, 3.05) is 13.7 Å². The van der Waals surface area contributed by atoms with E-state index in [2.05, 4.69) is 20.9 Å². The van der Waals surface area contributed by atoms with Gasteiger partial charge in [0.25, 0.3) is 11.9 Å². The van der Waals surface area contributed by atoms with Gasteiger partial charge < -0.3 is 4.74 Å². The van der Waals surface area contributed by atoms with Gasteiger partial charge in [0, 0.05) is 11.5 Å². The molecular formula is C10H9BrN2O2. The highest BCUT2D eigenvalue weighted by molar-refractivity contribution is 9.10. The van der Waals surface area contributed by atoms with Gasteiger partial charge in [-0.05, 0) is 18.2 Å². The van der Waals surface area contributed by atoms with Gasteiger partial charge in [-0.15, -0.1) is 0 Å². The molecule has 4 nitrogen and oxygen atoms in total. The van der Waals surface area contributed by atoms with Gasteiger partial charge in [0.05, 0.1) is 5.69 Å². The maximum Gasteiger partial charge on any atom is 0.299 e. The minimum atomic E-state index is -0.0799. The van der Waals surface area contributed by atoms with Gasteiger partial charge in [0.2, 0.25) is 0 Å². The first-order valence-corrected chi connectivity index (χ1v) is 5.20. The molecule has 0 aliphatic carbocycles. The predicted octanol–water partition coefficient (Wildman–Crippen LogP) is 1.93. The molecule has 1 amide bonds. The first kappa shape index (κ1) is 10.2. The topological polar surface area (TPSA) is 41.9 Å². The molecule has 1 aromatic carbocycles. The molecule has 15 heavy (non-hydrogen) atoms. The van der Waals surface area contributed by atoms with Crippen LogP contribution in [-0.2, 0) is 9.53 Å². The summed E-state index contributed by atoms with van der Waals surface area (Å²) in [7, 11) is 1.64. The third-order valence-electron chi connectivity index (χ3n) is 2.02. The van der Waals surface area contributed by atoms with Gasteiger partial charge in [-0.3, -0.25) is 9.69 Å². The molecule has 0 unspecified atom stereocenters.